The molecule has 0 saturated carbocycles. The van der Waals surface area contributed by atoms with Crippen molar-refractivity contribution in [3.05, 3.63) is 54.0 Å². The predicted molar refractivity (Wildman–Crippen MR) is 86.2 cm³/mol. The summed E-state index contributed by atoms with van der Waals surface area (Å²) in [6.07, 6.45) is 2.57. The van der Waals surface area contributed by atoms with E-state index in [9.17, 15) is 9.59 Å². The molecule has 0 aliphatic rings. The summed E-state index contributed by atoms with van der Waals surface area (Å²) in [5.41, 5.74) is 0.767. The van der Waals surface area contributed by atoms with Crippen molar-refractivity contribution >= 4 is 11.8 Å². The van der Waals surface area contributed by atoms with E-state index in [0.717, 1.165) is 0 Å². The van der Waals surface area contributed by atoms with Crippen LogP contribution in [0.1, 0.15) is 28.3 Å². The minimum absolute atomic E-state index is 0.202. The lowest BCUT2D eigenvalue weighted by Crippen LogP contribution is -2.32. The van der Waals surface area contributed by atoms with E-state index in [0.29, 0.717) is 11.3 Å². The number of furan rings is 1. The van der Waals surface area contributed by atoms with Gasteiger partial charge in [-0.25, -0.2) is 0 Å². The molecule has 2 amide bonds. The lowest BCUT2D eigenvalue weighted by molar-refractivity contribution is -0.120. The van der Waals surface area contributed by atoms with Gasteiger partial charge in [-0.1, -0.05) is 12.1 Å². The Morgan fingerprint density at radius 1 is 1.24 bits per heavy atom. The Bertz CT molecular complexity index is 817. The van der Waals surface area contributed by atoms with Crippen molar-refractivity contribution in [2.24, 2.45) is 5.92 Å². The molecule has 0 bridgehead atoms. The van der Waals surface area contributed by atoms with E-state index in [1.165, 1.54) is 25.7 Å². The molecule has 0 saturated heterocycles. The van der Waals surface area contributed by atoms with E-state index in [1.54, 1.807) is 24.3 Å². The van der Waals surface area contributed by atoms with Crippen molar-refractivity contribution in [1.29, 1.82) is 10.5 Å². The van der Waals surface area contributed by atoms with Gasteiger partial charge in [-0.05, 0) is 23.8 Å². The number of nitrogens with zero attached hydrogens (tertiary/aromatic N) is 2. The van der Waals surface area contributed by atoms with Crippen LogP contribution in [0, 0.1) is 28.6 Å². The monoisotopic (exact) mass is 337 g/mol. The molecule has 2 rings (SSSR count). The Labute approximate surface area is 144 Å². The second kappa shape index (κ2) is 8.32. The quantitative estimate of drug-likeness (QED) is 0.865. The molecular weight excluding hydrogens is 322 g/mol. The molecule has 0 radical (unpaired) electrons. The molecule has 1 aromatic heterocycles. The highest BCUT2D eigenvalue weighted by molar-refractivity contribution is 6.06. The van der Waals surface area contributed by atoms with Crippen LogP contribution in [0.3, 0.4) is 0 Å². The van der Waals surface area contributed by atoms with Crippen molar-refractivity contribution in [1.82, 2.24) is 5.32 Å². The van der Waals surface area contributed by atoms with E-state index < -0.39 is 23.7 Å². The van der Waals surface area contributed by atoms with E-state index >= 15 is 0 Å². The summed E-state index contributed by atoms with van der Waals surface area (Å²) in [4.78, 5) is 24.5. The summed E-state index contributed by atoms with van der Waals surface area (Å²) in [6, 6.07) is 11.8. The third-order valence-corrected chi connectivity index (χ3v) is 3.66. The number of methoxy groups -OCH3 is 1. The minimum atomic E-state index is -1.04. The number of carbonyl (C=O) groups is 2. The molecule has 1 N–H and O–H groups in total. The van der Waals surface area contributed by atoms with Crippen molar-refractivity contribution in [3.63, 3.8) is 0 Å². The molecule has 1 aromatic carbocycles. The highest BCUT2D eigenvalue weighted by atomic mass is 16.5. The van der Waals surface area contributed by atoms with Gasteiger partial charge in [0.1, 0.15) is 11.7 Å². The molecule has 7 nitrogen and oxygen atoms in total. The summed E-state index contributed by atoms with van der Waals surface area (Å²) >= 11 is 0. The zero-order valence-electron chi connectivity index (χ0n) is 13.4. The van der Waals surface area contributed by atoms with Crippen molar-refractivity contribution in [2.45, 2.75) is 12.3 Å². The van der Waals surface area contributed by atoms with E-state index in [2.05, 4.69) is 5.32 Å². The molecule has 1 heterocycles. The Morgan fingerprint density at radius 2 is 1.96 bits per heavy atom. The summed E-state index contributed by atoms with van der Waals surface area (Å²) in [5.74, 6) is -2.61. The van der Waals surface area contributed by atoms with Gasteiger partial charge in [0.2, 0.25) is 5.91 Å². The first-order valence-electron chi connectivity index (χ1n) is 7.39. The average Bonchev–Trinajstić information content (AvgIpc) is 3.16. The Kier molecular flexibility index (Phi) is 5.92. The lowest BCUT2D eigenvalue weighted by Gasteiger charge is -2.15. The maximum absolute atomic E-state index is 12.3. The third-order valence-electron chi connectivity index (χ3n) is 3.66. The van der Waals surface area contributed by atoms with Crippen LogP contribution in [0.25, 0.3) is 0 Å². The molecule has 0 aliphatic carbocycles. The molecule has 25 heavy (non-hydrogen) atoms. The van der Waals surface area contributed by atoms with Crippen LogP contribution in [0.2, 0.25) is 0 Å². The number of hydrogen-bond acceptors (Lipinski definition) is 6. The molecule has 126 valence electrons. The third kappa shape index (κ3) is 4.24. The fourth-order valence-corrected chi connectivity index (χ4v) is 2.40. The number of carbonyl (C=O) groups excluding carboxylic acids is 2. The Balaban J connectivity index is 2.13. The van der Waals surface area contributed by atoms with E-state index in [4.69, 9.17) is 19.7 Å². The van der Waals surface area contributed by atoms with Gasteiger partial charge in [-0.2, -0.15) is 10.5 Å². The topological polar surface area (TPSA) is 116 Å². The van der Waals surface area contributed by atoms with Gasteiger partial charge in [0.15, 0.2) is 0 Å². The molecule has 0 unspecified atom stereocenters. The lowest BCUT2D eigenvalue weighted by atomic mass is 9.86. The first-order valence-corrected chi connectivity index (χ1v) is 7.39. The summed E-state index contributed by atoms with van der Waals surface area (Å²) in [6.45, 7) is 0. The number of rotatable bonds is 6. The number of nitriles is 2. The zero-order valence-corrected chi connectivity index (χ0v) is 13.4. The Morgan fingerprint density at radius 3 is 2.56 bits per heavy atom. The number of amides is 2. The number of ether oxygens (including phenoxy) is 1. The second-order valence-corrected chi connectivity index (χ2v) is 5.18. The number of hydrogen-bond donors (Lipinski definition) is 1. The first-order chi connectivity index (χ1) is 12.1. The normalized spacial score (nSPS) is 11.2. The van der Waals surface area contributed by atoms with Crippen LogP contribution in [-0.2, 0) is 4.79 Å². The van der Waals surface area contributed by atoms with Gasteiger partial charge in [0.25, 0.3) is 5.91 Å². The SMILES string of the molecule is COc1ccccc1C(=O)NC(=O)C[C@@H](c1ccoc1)C(C#N)C#N. The van der Waals surface area contributed by atoms with Crippen LogP contribution < -0.4 is 10.1 Å². The van der Waals surface area contributed by atoms with Gasteiger partial charge in [-0.15, -0.1) is 0 Å². The van der Waals surface area contributed by atoms with Gasteiger partial charge in [0, 0.05) is 12.3 Å². The number of para-hydroxylation sites is 1. The maximum atomic E-state index is 12.3. The van der Waals surface area contributed by atoms with Crippen molar-refractivity contribution < 1.29 is 18.7 Å². The minimum Gasteiger partial charge on any atom is -0.496 e. The molecule has 2 aromatic rings. The molecule has 1 atom stereocenters. The molecule has 7 heteroatoms. The van der Waals surface area contributed by atoms with Crippen LogP contribution in [0.4, 0.5) is 0 Å². The van der Waals surface area contributed by atoms with Crippen LogP contribution in [0.5, 0.6) is 5.75 Å². The summed E-state index contributed by atoms with van der Waals surface area (Å²) in [5, 5.41) is 20.5. The maximum Gasteiger partial charge on any atom is 0.261 e. The summed E-state index contributed by atoms with van der Waals surface area (Å²) < 4.78 is 10.1. The smallest absolute Gasteiger partial charge is 0.261 e. The largest absolute Gasteiger partial charge is 0.496 e. The zero-order chi connectivity index (χ0) is 18.2. The fourth-order valence-electron chi connectivity index (χ4n) is 2.40. The van der Waals surface area contributed by atoms with Gasteiger partial charge in [-0.3, -0.25) is 14.9 Å². The second-order valence-electron chi connectivity index (χ2n) is 5.18. The van der Waals surface area contributed by atoms with Crippen LogP contribution in [-0.4, -0.2) is 18.9 Å². The van der Waals surface area contributed by atoms with Crippen molar-refractivity contribution in [3.8, 4) is 17.9 Å². The first kappa shape index (κ1) is 17.8. The van der Waals surface area contributed by atoms with Gasteiger partial charge < -0.3 is 9.15 Å². The highest BCUT2D eigenvalue weighted by Gasteiger charge is 2.27. The highest BCUT2D eigenvalue weighted by Crippen LogP contribution is 2.28. The number of nitrogens with one attached hydrogen (secondary N) is 1. The molecule has 0 aliphatic heterocycles. The molecule has 0 spiro atoms. The predicted octanol–water partition coefficient (Wildman–Crippen LogP) is 2.38. The van der Waals surface area contributed by atoms with E-state index in [1.807, 2.05) is 12.1 Å². The average molecular weight is 337 g/mol. The fraction of sp³-hybridized carbons (Fsp3) is 0.222. The summed E-state index contributed by atoms with van der Waals surface area (Å²) in [7, 11) is 1.42. The van der Waals surface area contributed by atoms with Crippen molar-refractivity contribution in [2.75, 3.05) is 7.11 Å². The molecule has 0 fully saturated rings. The standard InChI is InChI=1S/C18H15N3O4/c1-24-16-5-3-2-4-14(16)18(23)21-17(22)8-15(13(9-19)10-20)12-6-7-25-11-12/h2-7,11,13,15H,8H2,1H3,(H,21,22,23)/t15-/m0/s1. The number of imide groups is 1. The number of benzene rings is 1. The molecular formula is C18H15N3O4. The Hall–Kier alpha value is -3.58. The van der Waals surface area contributed by atoms with Gasteiger partial charge >= 0.3 is 0 Å². The van der Waals surface area contributed by atoms with Crippen LogP contribution in [0.15, 0.2) is 47.3 Å². The van der Waals surface area contributed by atoms with Gasteiger partial charge in [0.05, 0.1) is 37.3 Å². The van der Waals surface area contributed by atoms with Crippen LogP contribution >= 0.6 is 0 Å². The van der Waals surface area contributed by atoms with E-state index in [-0.39, 0.29) is 12.0 Å².